The lowest BCUT2D eigenvalue weighted by atomic mass is 10.1. The smallest absolute Gasteiger partial charge is 0.327 e. The van der Waals surface area contributed by atoms with Crippen LogP contribution in [0.25, 0.3) is 10.9 Å². The van der Waals surface area contributed by atoms with Crippen molar-refractivity contribution in [3.8, 4) is 0 Å². The normalized spacial score (nSPS) is 16.7. The number of para-hydroxylation sites is 1. The fourth-order valence-corrected chi connectivity index (χ4v) is 3.75. The fourth-order valence-electron chi connectivity index (χ4n) is 3.62. The molecule has 2 heterocycles. The molecule has 1 fully saturated rings. The molecule has 4 rings (SSSR count). The van der Waals surface area contributed by atoms with Crippen LogP contribution in [-0.2, 0) is 4.79 Å². The van der Waals surface area contributed by atoms with E-state index in [2.05, 4.69) is 9.88 Å². The molecule has 1 aliphatic rings. The molecule has 2 aromatic carbocycles. The number of hydrogen-bond acceptors (Lipinski definition) is 3. The molecule has 0 spiro atoms. The highest BCUT2D eigenvalue weighted by Gasteiger charge is 2.31. The van der Waals surface area contributed by atoms with Crippen LogP contribution in [-0.4, -0.2) is 47.1 Å². The van der Waals surface area contributed by atoms with Crippen LogP contribution >= 0.6 is 11.6 Å². The van der Waals surface area contributed by atoms with Crippen LogP contribution in [0.4, 0.5) is 5.69 Å². The zero-order valence-electron chi connectivity index (χ0n) is 14.2. The van der Waals surface area contributed by atoms with Gasteiger partial charge in [-0.15, -0.1) is 0 Å². The van der Waals surface area contributed by atoms with Gasteiger partial charge in [0.2, 0.25) is 0 Å². The maximum Gasteiger partial charge on any atom is 0.327 e. The second-order valence-electron chi connectivity index (χ2n) is 6.55. The quantitative estimate of drug-likeness (QED) is 0.735. The van der Waals surface area contributed by atoms with Gasteiger partial charge in [-0.05, 0) is 41.8 Å². The van der Waals surface area contributed by atoms with Gasteiger partial charge in [-0.25, -0.2) is 0 Å². The van der Waals surface area contributed by atoms with E-state index in [4.69, 9.17) is 11.6 Å². The highest BCUT2D eigenvalue weighted by atomic mass is 35.5. The molecule has 3 aromatic rings. The molecular formula is C20H20ClN3O2. The fraction of sp³-hybridized carbons (Fsp3) is 0.250. The molecule has 0 unspecified atom stereocenters. The molecule has 1 aromatic heterocycles. The van der Waals surface area contributed by atoms with Gasteiger partial charge in [0, 0.05) is 48.1 Å². The molecule has 0 saturated carbocycles. The number of aliphatic carboxylic acids is 1. The van der Waals surface area contributed by atoms with Crippen LogP contribution in [0.15, 0.2) is 54.6 Å². The average Bonchev–Trinajstić information content (AvgIpc) is 3.06. The second-order valence-corrected chi connectivity index (χ2v) is 6.99. The van der Waals surface area contributed by atoms with Gasteiger partial charge in [-0.1, -0.05) is 29.8 Å². The number of hydrogen-bond donors (Lipinski definition) is 2. The van der Waals surface area contributed by atoms with Crippen molar-refractivity contribution in [3.63, 3.8) is 0 Å². The Kier molecular flexibility index (Phi) is 4.57. The molecule has 0 radical (unpaired) electrons. The number of aromatic amines is 1. The molecule has 0 aliphatic carbocycles. The third kappa shape index (κ3) is 3.28. The molecule has 0 bridgehead atoms. The highest BCUT2D eigenvalue weighted by Crippen LogP contribution is 2.27. The number of fused-ring (bicyclic) bond motifs is 1. The van der Waals surface area contributed by atoms with E-state index in [1.54, 1.807) is 0 Å². The maximum absolute atomic E-state index is 12.0. The molecule has 26 heavy (non-hydrogen) atoms. The number of nitrogens with one attached hydrogen (secondary N) is 1. The van der Waals surface area contributed by atoms with Crippen LogP contribution in [0.5, 0.6) is 0 Å². The lowest BCUT2D eigenvalue weighted by molar-refractivity contribution is -0.143. The molecule has 0 amide bonds. The van der Waals surface area contributed by atoms with Crippen LogP contribution in [0.1, 0.15) is 11.7 Å². The number of nitrogens with zero attached hydrogens (tertiary/aromatic N) is 2. The number of aromatic nitrogens is 1. The summed E-state index contributed by atoms with van der Waals surface area (Å²) in [6.07, 6.45) is 0. The van der Waals surface area contributed by atoms with Crippen LogP contribution in [0, 0.1) is 0 Å². The first-order valence-electron chi connectivity index (χ1n) is 8.67. The Bertz CT molecular complexity index is 881. The molecule has 1 aliphatic heterocycles. The van der Waals surface area contributed by atoms with E-state index < -0.39 is 12.0 Å². The number of benzene rings is 2. The van der Waals surface area contributed by atoms with Crippen molar-refractivity contribution in [2.24, 2.45) is 0 Å². The SMILES string of the molecule is O=C(O)[C@H](c1cc2ccccc2[nH]1)N1CCN(c2ccc(Cl)cc2)CC1. The van der Waals surface area contributed by atoms with Gasteiger partial charge in [0.05, 0.1) is 0 Å². The van der Waals surface area contributed by atoms with Crippen molar-refractivity contribution in [1.82, 2.24) is 9.88 Å². The van der Waals surface area contributed by atoms with Gasteiger partial charge in [-0.2, -0.15) is 0 Å². The van der Waals surface area contributed by atoms with Crippen molar-refractivity contribution in [1.29, 1.82) is 0 Å². The molecule has 134 valence electrons. The van der Waals surface area contributed by atoms with Crippen molar-refractivity contribution < 1.29 is 9.90 Å². The van der Waals surface area contributed by atoms with Gasteiger partial charge in [0.15, 0.2) is 0 Å². The third-order valence-electron chi connectivity index (χ3n) is 4.95. The standard InChI is InChI=1S/C20H20ClN3O2/c21-15-5-7-16(8-6-15)23-9-11-24(12-10-23)19(20(25)26)18-13-14-3-1-2-4-17(14)22-18/h1-8,13,19,22H,9-12H2,(H,25,26)/t19-/m0/s1. The zero-order valence-corrected chi connectivity index (χ0v) is 15.0. The number of rotatable bonds is 4. The summed E-state index contributed by atoms with van der Waals surface area (Å²) in [5.41, 5.74) is 2.82. The molecule has 6 heteroatoms. The van der Waals surface area contributed by atoms with Gasteiger partial charge >= 0.3 is 5.97 Å². The average molecular weight is 370 g/mol. The lowest BCUT2D eigenvalue weighted by Gasteiger charge is -2.38. The van der Waals surface area contributed by atoms with E-state index in [-0.39, 0.29) is 0 Å². The van der Waals surface area contributed by atoms with E-state index in [1.165, 1.54) is 0 Å². The Morgan fingerprint density at radius 2 is 1.73 bits per heavy atom. The van der Waals surface area contributed by atoms with Crippen molar-refractivity contribution in [2.45, 2.75) is 6.04 Å². The number of H-pyrrole nitrogens is 1. The minimum absolute atomic E-state index is 0.658. The van der Waals surface area contributed by atoms with E-state index in [1.807, 2.05) is 59.5 Å². The highest BCUT2D eigenvalue weighted by molar-refractivity contribution is 6.30. The summed E-state index contributed by atoms with van der Waals surface area (Å²) in [6, 6.07) is 16.9. The number of carbonyl (C=O) groups is 1. The molecular weight excluding hydrogens is 350 g/mol. The second kappa shape index (κ2) is 7.02. The van der Waals surface area contributed by atoms with Gasteiger partial charge < -0.3 is 15.0 Å². The first-order valence-corrected chi connectivity index (χ1v) is 9.04. The topological polar surface area (TPSA) is 59.6 Å². The van der Waals surface area contributed by atoms with Crippen molar-refractivity contribution in [2.75, 3.05) is 31.1 Å². The summed E-state index contributed by atoms with van der Waals surface area (Å²) in [7, 11) is 0. The number of halogens is 1. The largest absolute Gasteiger partial charge is 0.480 e. The van der Waals surface area contributed by atoms with E-state index in [0.717, 1.165) is 40.4 Å². The van der Waals surface area contributed by atoms with Gasteiger partial charge in [0.25, 0.3) is 0 Å². The van der Waals surface area contributed by atoms with E-state index >= 15 is 0 Å². The summed E-state index contributed by atoms with van der Waals surface area (Å²) in [5, 5.41) is 11.6. The monoisotopic (exact) mass is 369 g/mol. The molecule has 2 N–H and O–H groups in total. The summed E-state index contributed by atoms with van der Waals surface area (Å²) < 4.78 is 0. The van der Waals surface area contributed by atoms with Crippen LogP contribution < -0.4 is 4.90 Å². The first-order chi connectivity index (χ1) is 12.6. The summed E-state index contributed by atoms with van der Waals surface area (Å²) in [6.45, 7) is 2.95. The van der Waals surface area contributed by atoms with Gasteiger partial charge in [-0.3, -0.25) is 9.69 Å². The third-order valence-corrected chi connectivity index (χ3v) is 5.20. The van der Waals surface area contributed by atoms with E-state index in [0.29, 0.717) is 13.1 Å². The lowest BCUT2D eigenvalue weighted by Crippen LogP contribution is -2.49. The number of carboxylic acids is 1. The molecule has 5 nitrogen and oxygen atoms in total. The maximum atomic E-state index is 12.0. The predicted octanol–water partition coefficient (Wildman–Crippen LogP) is 3.77. The Morgan fingerprint density at radius 3 is 2.38 bits per heavy atom. The Morgan fingerprint density at radius 1 is 1.04 bits per heavy atom. The number of anilines is 1. The Hall–Kier alpha value is -2.50. The zero-order chi connectivity index (χ0) is 18.1. The molecule has 1 atom stereocenters. The minimum Gasteiger partial charge on any atom is -0.480 e. The van der Waals surface area contributed by atoms with Crippen LogP contribution in [0.2, 0.25) is 5.02 Å². The first kappa shape index (κ1) is 16.9. The predicted molar refractivity (Wildman–Crippen MR) is 104 cm³/mol. The van der Waals surface area contributed by atoms with Crippen molar-refractivity contribution >= 4 is 34.2 Å². The number of piperazine rings is 1. The molecule has 1 saturated heterocycles. The number of carboxylic acid groups (broad SMARTS) is 1. The van der Waals surface area contributed by atoms with E-state index in [9.17, 15) is 9.90 Å². The Labute approximate surface area is 156 Å². The summed E-state index contributed by atoms with van der Waals surface area (Å²) >= 11 is 5.96. The van der Waals surface area contributed by atoms with Crippen LogP contribution in [0.3, 0.4) is 0 Å². The van der Waals surface area contributed by atoms with Crippen molar-refractivity contribution in [3.05, 3.63) is 65.3 Å². The minimum atomic E-state index is -0.823. The Balaban J connectivity index is 1.52. The summed E-state index contributed by atoms with van der Waals surface area (Å²) in [5.74, 6) is -0.823. The summed E-state index contributed by atoms with van der Waals surface area (Å²) in [4.78, 5) is 19.5. The van der Waals surface area contributed by atoms with Gasteiger partial charge in [0.1, 0.15) is 6.04 Å².